The van der Waals surface area contributed by atoms with Crippen LogP contribution in [0.15, 0.2) is 36.5 Å². The fraction of sp³-hybridized carbons (Fsp3) is 0.357. The van der Waals surface area contributed by atoms with Crippen LogP contribution in [-0.2, 0) is 6.54 Å². The zero-order chi connectivity index (χ0) is 14.4. The monoisotopic (exact) mass is 274 g/mol. The van der Waals surface area contributed by atoms with Gasteiger partial charge in [0.15, 0.2) is 5.69 Å². The van der Waals surface area contributed by atoms with Crippen LogP contribution in [0.3, 0.4) is 0 Å². The van der Waals surface area contributed by atoms with Gasteiger partial charge in [-0.1, -0.05) is 42.5 Å². The van der Waals surface area contributed by atoms with Crippen LogP contribution in [0.1, 0.15) is 29.4 Å². The Kier molecular flexibility index (Phi) is 4.84. The number of aliphatic hydroxyl groups is 1. The molecule has 0 spiro atoms. The van der Waals surface area contributed by atoms with Crippen molar-refractivity contribution in [2.45, 2.75) is 25.9 Å². The molecule has 6 heteroatoms. The van der Waals surface area contributed by atoms with Crippen LogP contribution in [0.2, 0.25) is 0 Å². The molecule has 0 bridgehead atoms. The van der Waals surface area contributed by atoms with Gasteiger partial charge in [0.05, 0.1) is 25.4 Å². The summed E-state index contributed by atoms with van der Waals surface area (Å²) >= 11 is 0. The summed E-state index contributed by atoms with van der Waals surface area (Å²) in [5, 5.41) is 19.6. The van der Waals surface area contributed by atoms with Crippen LogP contribution in [0.25, 0.3) is 0 Å². The van der Waals surface area contributed by atoms with Crippen LogP contribution in [-0.4, -0.2) is 38.7 Å². The molecule has 2 aromatic rings. The highest BCUT2D eigenvalue weighted by Crippen LogP contribution is 2.02. The normalized spacial score (nSPS) is 12.1. The van der Waals surface area contributed by atoms with Gasteiger partial charge in [0.2, 0.25) is 0 Å². The number of nitrogens with one attached hydrogen (secondary N) is 1. The van der Waals surface area contributed by atoms with Crippen molar-refractivity contribution >= 4 is 5.91 Å². The zero-order valence-corrected chi connectivity index (χ0v) is 11.4. The first-order valence-corrected chi connectivity index (χ1v) is 6.58. The fourth-order valence-electron chi connectivity index (χ4n) is 1.79. The highest BCUT2D eigenvalue weighted by molar-refractivity contribution is 5.92. The molecule has 1 amide bonds. The molecular formula is C14H18N4O2. The molecular weight excluding hydrogens is 256 g/mol. The lowest BCUT2D eigenvalue weighted by Crippen LogP contribution is -2.37. The number of rotatable bonds is 6. The highest BCUT2D eigenvalue weighted by Gasteiger charge is 2.14. The van der Waals surface area contributed by atoms with Gasteiger partial charge >= 0.3 is 0 Å². The number of benzene rings is 1. The predicted molar refractivity (Wildman–Crippen MR) is 74.2 cm³/mol. The van der Waals surface area contributed by atoms with E-state index in [0.717, 1.165) is 5.56 Å². The van der Waals surface area contributed by atoms with Gasteiger partial charge in [-0.15, -0.1) is 5.10 Å². The second-order valence-corrected chi connectivity index (χ2v) is 4.55. The Balaban J connectivity index is 2.00. The van der Waals surface area contributed by atoms with Crippen molar-refractivity contribution in [1.29, 1.82) is 0 Å². The Labute approximate surface area is 117 Å². The first-order chi connectivity index (χ1) is 9.72. The third-order valence-corrected chi connectivity index (χ3v) is 3.01. The molecule has 0 aliphatic rings. The molecule has 20 heavy (non-hydrogen) atoms. The van der Waals surface area contributed by atoms with E-state index in [-0.39, 0.29) is 24.2 Å². The molecule has 0 saturated heterocycles. The van der Waals surface area contributed by atoms with E-state index in [1.54, 1.807) is 10.9 Å². The molecule has 2 rings (SSSR count). The Hall–Kier alpha value is -2.21. The van der Waals surface area contributed by atoms with E-state index < -0.39 is 0 Å². The summed E-state index contributed by atoms with van der Waals surface area (Å²) in [6.45, 7) is 2.38. The lowest BCUT2D eigenvalue weighted by Gasteiger charge is -2.12. The number of amides is 1. The van der Waals surface area contributed by atoms with Gasteiger partial charge in [-0.05, 0) is 12.0 Å². The minimum Gasteiger partial charge on any atom is -0.394 e. The van der Waals surface area contributed by atoms with Gasteiger partial charge in [0.1, 0.15) is 0 Å². The average Bonchev–Trinajstić information content (AvgIpc) is 2.94. The topological polar surface area (TPSA) is 80.0 Å². The Morgan fingerprint density at radius 1 is 1.40 bits per heavy atom. The van der Waals surface area contributed by atoms with Gasteiger partial charge < -0.3 is 10.4 Å². The summed E-state index contributed by atoms with van der Waals surface area (Å²) < 4.78 is 1.62. The maximum atomic E-state index is 11.9. The van der Waals surface area contributed by atoms with Crippen molar-refractivity contribution in [2.24, 2.45) is 0 Å². The maximum Gasteiger partial charge on any atom is 0.273 e. The smallest absolute Gasteiger partial charge is 0.273 e. The third-order valence-electron chi connectivity index (χ3n) is 3.01. The van der Waals surface area contributed by atoms with Crippen molar-refractivity contribution in [3.05, 3.63) is 47.8 Å². The summed E-state index contributed by atoms with van der Waals surface area (Å²) in [4.78, 5) is 11.9. The predicted octanol–water partition coefficient (Wildman–Crippen LogP) is 0.827. The largest absolute Gasteiger partial charge is 0.394 e. The van der Waals surface area contributed by atoms with E-state index in [1.165, 1.54) is 0 Å². The van der Waals surface area contributed by atoms with E-state index >= 15 is 0 Å². The first-order valence-electron chi connectivity index (χ1n) is 6.58. The van der Waals surface area contributed by atoms with Gasteiger partial charge in [-0.2, -0.15) is 0 Å². The van der Waals surface area contributed by atoms with Crippen molar-refractivity contribution in [3.63, 3.8) is 0 Å². The summed E-state index contributed by atoms with van der Waals surface area (Å²) in [6, 6.07) is 9.58. The highest BCUT2D eigenvalue weighted by atomic mass is 16.3. The zero-order valence-electron chi connectivity index (χ0n) is 11.4. The second kappa shape index (κ2) is 6.81. The third kappa shape index (κ3) is 3.64. The van der Waals surface area contributed by atoms with E-state index in [0.29, 0.717) is 13.0 Å². The molecule has 0 fully saturated rings. The van der Waals surface area contributed by atoms with Crippen LogP contribution in [0.4, 0.5) is 0 Å². The Morgan fingerprint density at radius 2 is 2.15 bits per heavy atom. The van der Waals surface area contributed by atoms with E-state index in [1.807, 2.05) is 37.3 Å². The summed E-state index contributed by atoms with van der Waals surface area (Å²) in [6.07, 6.45) is 2.27. The average molecular weight is 274 g/mol. The summed E-state index contributed by atoms with van der Waals surface area (Å²) in [5.41, 5.74) is 1.35. The quantitative estimate of drug-likeness (QED) is 0.817. The van der Waals surface area contributed by atoms with E-state index in [4.69, 9.17) is 5.11 Å². The molecule has 1 atom stereocenters. The van der Waals surface area contributed by atoms with Gasteiger partial charge in [-0.3, -0.25) is 4.79 Å². The van der Waals surface area contributed by atoms with E-state index in [2.05, 4.69) is 15.6 Å². The van der Waals surface area contributed by atoms with Crippen molar-refractivity contribution in [3.8, 4) is 0 Å². The van der Waals surface area contributed by atoms with Crippen LogP contribution in [0.5, 0.6) is 0 Å². The molecule has 0 aliphatic heterocycles. The van der Waals surface area contributed by atoms with E-state index in [9.17, 15) is 4.79 Å². The minimum atomic E-state index is -0.315. The molecule has 1 unspecified atom stereocenters. The summed E-state index contributed by atoms with van der Waals surface area (Å²) in [7, 11) is 0. The number of aromatic nitrogens is 3. The van der Waals surface area contributed by atoms with Crippen LogP contribution in [0, 0.1) is 0 Å². The van der Waals surface area contributed by atoms with Crippen LogP contribution >= 0.6 is 0 Å². The molecule has 106 valence electrons. The Bertz CT molecular complexity index is 549. The Morgan fingerprint density at radius 3 is 2.80 bits per heavy atom. The minimum absolute atomic E-state index is 0.0829. The van der Waals surface area contributed by atoms with Crippen molar-refractivity contribution < 1.29 is 9.90 Å². The summed E-state index contributed by atoms with van der Waals surface area (Å²) in [5.74, 6) is -0.315. The van der Waals surface area contributed by atoms with Crippen molar-refractivity contribution in [1.82, 2.24) is 20.3 Å². The molecule has 1 aromatic heterocycles. The molecule has 2 N–H and O–H groups in total. The number of hydrogen-bond acceptors (Lipinski definition) is 4. The molecule has 0 aliphatic carbocycles. The van der Waals surface area contributed by atoms with Gasteiger partial charge in [0, 0.05) is 0 Å². The number of carbonyl (C=O) groups is 1. The molecule has 1 aromatic carbocycles. The first kappa shape index (κ1) is 14.2. The maximum absolute atomic E-state index is 11.9. The number of carbonyl (C=O) groups excluding carboxylic acids is 1. The fourth-order valence-corrected chi connectivity index (χ4v) is 1.79. The standard InChI is InChI=1S/C14H18N4O2/c1-2-12(10-19)15-14(20)13-9-18(17-16-13)8-11-6-4-3-5-7-11/h3-7,9,12,19H,2,8,10H2,1H3,(H,15,20). The van der Waals surface area contributed by atoms with Gasteiger partial charge in [0.25, 0.3) is 5.91 Å². The van der Waals surface area contributed by atoms with Crippen molar-refractivity contribution in [2.75, 3.05) is 6.61 Å². The number of nitrogens with zero attached hydrogens (tertiary/aromatic N) is 3. The lowest BCUT2D eigenvalue weighted by atomic mass is 10.2. The molecule has 1 heterocycles. The molecule has 0 radical (unpaired) electrons. The lowest BCUT2D eigenvalue weighted by molar-refractivity contribution is 0.0910. The van der Waals surface area contributed by atoms with Gasteiger partial charge in [-0.25, -0.2) is 4.68 Å². The number of aliphatic hydroxyl groups excluding tert-OH is 1. The molecule has 0 saturated carbocycles. The molecule has 6 nitrogen and oxygen atoms in total. The number of hydrogen-bond donors (Lipinski definition) is 2. The van der Waals surface area contributed by atoms with Crippen LogP contribution < -0.4 is 5.32 Å². The SMILES string of the molecule is CCC(CO)NC(=O)c1cn(Cc2ccccc2)nn1. The second-order valence-electron chi connectivity index (χ2n) is 4.55.